The van der Waals surface area contributed by atoms with Gasteiger partial charge in [0.15, 0.2) is 0 Å². The van der Waals surface area contributed by atoms with E-state index in [4.69, 9.17) is 27.9 Å². The largest absolute Gasteiger partial charge is 0.486 e. The number of hydrogen-bond acceptors (Lipinski definition) is 1. The van der Waals surface area contributed by atoms with Crippen molar-refractivity contribution in [2.45, 2.75) is 13.0 Å². The van der Waals surface area contributed by atoms with Gasteiger partial charge in [-0.1, -0.05) is 35.3 Å². The van der Waals surface area contributed by atoms with Crippen molar-refractivity contribution in [1.82, 2.24) is 0 Å². The molecule has 2 aromatic rings. The van der Waals surface area contributed by atoms with Crippen LogP contribution in [0.15, 0.2) is 60.7 Å². The molecule has 2 aromatic carbocycles. The molecule has 3 rings (SSSR count). The van der Waals surface area contributed by atoms with Crippen molar-refractivity contribution in [3.8, 4) is 0 Å². The van der Waals surface area contributed by atoms with E-state index >= 15 is 0 Å². The predicted molar refractivity (Wildman–Crippen MR) is 89.4 cm³/mol. The number of halogens is 2. The van der Waals surface area contributed by atoms with Crippen molar-refractivity contribution >= 4 is 34.5 Å². The minimum atomic E-state index is 0.0198. The standard InChI is InChI=1S/C18H14Cl2O/c1-12-10-15(13-2-6-16(19)7-3-13)11-18(21-12)14-4-8-17(20)9-5-14/h2-12H,1H3. The van der Waals surface area contributed by atoms with E-state index in [1.165, 1.54) is 0 Å². The number of rotatable bonds is 2. The summed E-state index contributed by atoms with van der Waals surface area (Å²) >= 11 is 11.9. The van der Waals surface area contributed by atoms with Crippen LogP contribution in [0.4, 0.5) is 0 Å². The lowest BCUT2D eigenvalue weighted by Gasteiger charge is -2.21. The third kappa shape index (κ3) is 3.31. The molecule has 0 fully saturated rings. The molecule has 21 heavy (non-hydrogen) atoms. The van der Waals surface area contributed by atoms with Crippen LogP contribution in [0.25, 0.3) is 11.3 Å². The number of allylic oxidation sites excluding steroid dienone is 2. The van der Waals surface area contributed by atoms with Gasteiger partial charge in [0.25, 0.3) is 0 Å². The molecule has 106 valence electrons. The fourth-order valence-electron chi connectivity index (χ4n) is 2.30. The van der Waals surface area contributed by atoms with Gasteiger partial charge < -0.3 is 4.74 Å². The maximum Gasteiger partial charge on any atom is 0.128 e. The Kier molecular flexibility index (Phi) is 4.05. The van der Waals surface area contributed by atoms with Crippen molar-refractivity contribution in [1.29, 1.82) is 0 Å². The van der Waals surface area contributed by atoms with Crippen molar-refractivity contribution in [2.24, 2.45) is 0 Å². The van der Waals surface area contributed by atoms with E-state index in [1.54, 1.807) is 0 Å². The summed E-state index contributed by atoms with van der Waals surface area (Å²) in [6.07, 6.45) is 4.17. The lowest BCUT2D eigenvalue weighted by molar-refractivity contribution is 0.228. The van der Waals surface area contributed by atoms with Crippen molar-refractivity contribution in [3.63, 3.8) is 0 Å². The number of benzene rings is 2. The average molecular weight is 317 g/mol. The van der Waals surface area contributed by atoms with Crippen LogP contribution in [-0.4, -0.2) is 6.10 Å². The molecular weight excluding hydrogens is 303 g/mol. The van der Waals surface area contributed by atoms with Gasteiger partial charge in [-0.15, -0.1) is 0 Å². The summed E-state index contributed by atoms with van der Waals surface area (Å²) < 4.78 is 5.90. The Morgan fingerprint density at radius 2 is 1.33 bits per heavy atom. The maximum absolute atomic E-state index is 5.95. The van der Waals surface area contributed by atoms with E-state index in [9.17, 15) is 0 Å². The molecule has 0 bridgehead atoms. The molecule has 0 aromatic heterocycles. The first-order valence-electron chi connectivity index (χ1n) is 6.74. The fourth-order valence-corrected chi connectivity index (χ4v) is 2.55. The fraction of sp³-hybridized carbons (Fsp3) is 0.111. The van der Waals surface area contributed by atoms with E-state index in [0.717, 1.165) is 32.5 Å². The highest BCUT2D eigenvalue weighted by atomic mass is 35.5. The zero-order chi connectivity index (χ0) is 14.8. The molecule has 0 saturated heterocycles. The second kappa shape index (κ2) is 5.97. The highest BCUT2D eigenvalue weighted by Gasteiger charge is 2.15. The van der Waals surface area contributed by atoms with E-state index in [1.807, 2.05) is 61.5 Å². The molecule has 0 radical (unpaired) electrons. The third-order valence-electron chi connectivity index (χ3n) is 3.32. The summed E-state index contributed by atoms with van der Waals surface area (Å²) in [5.41, 5.74) is 3.28. The topological polar surface area (TPSA) is 9.23 Å². The van der Waals surface area contributed by atoms with Crippen LogP contribution in [0.3, 0.4) is 0 Å². The second-order valence-corrected chi connectivity index (χ2v) is 5.84. The lowest BCUT2D eigenvalue weighted by atomic mass is 10.00. The highest BCUT2D eigenvalue weighted by molar-refractivity contribution is 6.30. The van der Waals surface area contributed by atoms with Gasteiger partial charge >= 0.3 is 0 Å². The van der Waals surface area contributed by atoms with Gasteiger partial charge in [-0.05, 0) is 66.6 Å². The molecule has 0 saturated carbocycles. The zero-order valence-corrected chi connectivity index (χ0v) is 13.0. The molecule has 1 atom stereocenters. The highest BCUT2D eigenvalue weighted by Crippen LogP contribution is 2.30. The Morgan fingerprint density at radius 1 is 0.810 bits per heavy atom. The Hall–Kier alpha value is -1.70. The first kappa shape index (κ1) is 14.2. The molecule has 1 heterocycles. The number of hydrogen-bond donors (Lipinski definition) is 0. The summed E-state index contributed by atoms with van der Waals surface area (Å²) in [7, 11) is 0. The quantitative estimate of drug-likeness (QED) is 0.676. The molecule has 0 amide bonds. The van der Waals surface area contributed by atoms with Gasteiger partial charge in [0.1, 0.15) is 11.9 Å². The van der Waals surface area contributed by atoms with Gasteiger partial charge in [-0.3, -0.25) is 0 Å². The van der Waals surface area contributed by atoms with Crippen LogP contribution in [-0.2, 0) is 4.74 Å². The third-order valence-corrected chi connectivity index (χ3v) is 3.82. The van der Waals surface area contributed by atoms with E-state index in [-0.39, 0.29) is 6.10 Å². The van der Waals surface area contributed by atoms with Crippen molar-refractivity contribution < 1.29 is 4.74 Å². The van der Waals surface area contributed by atoms with E-state index in [2.05, 4.69) is 6.08 Å². The molecular formula is C18H14Cl2O. The first-order valence-corrected chi connectivity index (χ1v) is 7.49. The Bertz CT molecular complexity index is 697. The monoisotopic (exact) mass is 316 g/mol. The molecule has 1 aliphatic heterocycles. The summed E-state index contributed by atoms with van der Waals surface area (Å²) in [6.45, 7) is 2.03. The van der Waals surface area contributed by atoms with Gasteiger partial charge in [0.2, 0.25) is 0 Å². The van der Waals surface area contributed by atoms with Crippen LogP contribution in [0, 0.1) is 0 Å². The van der Waals surface area contributed by atoms with Gasteiger partial charge in [0, 0.05) is 15.6 Å². The average Bonchev–Trinajstić information content (AvgIpc) is 2.48. The van der Waals surface area contributed by atoms with Crippen LogP contribution < -0.4 is 0 Å². The summed E-state index contributed by atoms with van der Waals surface area (Å²) in [5.74, 6) is 0.853. The van der Waals surface area contributed by atoms with Gasteiger partial charge in [-0.25, -0.2) is 0 Å². The van der Waals surface area contributed by atoms with E-state index in [0.29, 0.717) is 0 Å². The molecule has 0 N–H and O–H groups in total. The Balaban J connectivity index is 1.97. The second-order valence-electron chi connectivity index (χ2n) is 4.97. The lowest BCUT2D eigenvalue weighted by Crippen LogP contribution is -2.09. The Labute approximate surface area is 134 Å². The first-order chi connectivity index (χ1) is 10.1. The van der Waals surface area contributed by atoms with E-state index < -0.39 is 0 Å². The van der Waals surface area contributed by atoms with Gasteiger partial charge in [-0.2, -0.15) is 0 Å². The molecule has 1 aliphatic rings. The van der Waals surface area contributed by atoms with Crippen LogP contribution in [0.2, 0.25) is 10.0 Å². The molecule has 3 heteroatoms. The minimum Gasteiger partial charge on any atom is -0.486 e. The summed E-state index contributed by atoms with van der Waals surface area (Å²) in [4.78, 5) is 0. The zero-order valence-electron chi connectivity index (χ0n) is 11.5. The maximum atomic E-state index is 5.95. The summed E-state index contributed by atoms with van der Waals surface area (Å²) in [5, 5.41) is 1.46. The molecule has 1 nitrogen and oxygen atoms in total. The normalized spacial score (nSPS) is 17.8. The predicted octanol–water partition coefficient (Wildman–Crippen LogP) is 5.84. The molecule has 0 spiro atoms. The van der Waals surface area contributed by atoms with Gasteiger partial charge in [0.05, 0.1) is 0 Å². The van der Waals surface area contributed by atoms with Crippen LogP contribution >= 0.6 is 23.2 Å². The van der Waals surface area contributed by atoms with Crippen LogP contribution in [0.5, 0.6) is 0 Å². The SMILES string of the molecule is CC1C=C(c2ccc(Cl)cc2)C=C(c2ccc(Cl)cc2)O1. The minimum absolute atomic E-state index is 0.0198. The number of ether oxygens (including phenoxy) is 1. The smallest absolute Gasteiger partial charge is 0.128 e. The summed E-state index contributed by atoms with van der Waals surface area (Å²) in [6, 6.07) is 15.5. The molecule has 1 unspecified atom stereocenters. The van der Waals surface area contributed by atoms with Crippen molar-refractivity contribution in [2.75, 3.05) is 0 Å². The Morgan fingerprint density at radius 3 is 1.90 bits per heavy atom. The molecule has 0 aliphatic carbocycles. The van der Waals surface area contributed by atoms with Crippen molar-refractivity contribution in [3.05, 3.63) is 81.9 Å². The van der Waals surface area contributed by atoms with Crippen LogP contribution in [0.1, 0.15) is 18.1 Å².